The molecule has 0 aliphatic rings. The standard InChI is InChI=1S/C24H34N4O4.HI/c1-17(21-15-20(31-5)11-12-22(21)32-6)27-24(26-16-23(29)28(2)3)25-14-13-18-7-9-19(30-4)10-8-18;/h7-12,15,17H,13-14,16H2,1-6H3,(H2,25,26,27);1H. The highest BCUT2D eigenvalue weighted by molar-refractivity contribution is 14.0. The van der Waals surface area contributed by atoms with Crippen LogP contribution in [0.25, 0.3) is 0 Å². The molecule has 33 heavy (non-hydrogen) atoms. The second-order valence-corrected chi connectivity index (χ2v) is 7.45. The van der Waals surface area contributed by atoms with Gasteiger partial charge in [0.05, 0.1) is 27.4 Å². The van der Waals surface area contributed by atoms with E-state index in [9.17, 15) is 4.79 Å². The number of nitrogens with one attached hydrogen (secondary N) is 2. The Kier molecular flexibility index (Phi) is 12.4. The maximum atomic E-state index is 12.1. The summed E-state index contributed by atoms with van der Waals surface area (Å²) < 4.78 is 16.1. The number of carbonyl (C=O) groups is 1. The van der Waals surface area contributed by atoms with Gasteiger partial charge < -0.3 is 29.7 Å². The molecule has 9 heteroatoms. The first-order chi connectivity index (χ1) is 15.4. The van der Waals surface area contributed by atoms with Crippen molar-refractivity contribution < 1.29 is 19.0 Å². The molecule has 0 spiro atoms. The summed E-state index contributed by atoms with van der Waals surface area (Å²) in [6.07, 6.45) is 0.795. The zero-order valence-electron chi connectivity index (χ0n) is 20.2. The number of benzene rings is 2. The van der Waals surface area contributed by atoms with Crippen LogP contribution in [-0.2, 0) is 11.2 Å². The van der Waals surface area contributed by atoms with E-state index in [-0.39, 0.29) is 42.5 Å². The highest BCUT2D eigenvalue weighted by atomic mass is 127. The Balaban J connectivity index is 0.00000544. The van der Waals surface area contributed by atoms with Gasteiger partial charge in [-0.15, -0.1) is 24.0 Å². The molecule has 1 amide bonds. The van der Waals surface area contributed by atoms with Crippen molar-refractivity contribution in [2.75, 3.05) is 48.5 Å². The average molecular weight is 570 g/mol. The number of nitrogens with zero attached hydrogens (tertiary/aromatic N) is 2. The minimum atomic E-state index is -0.137. The lowest BCUT2D eigenvalue weighted by Crippen LogP contribution is -2.40. The van der Waals surface area contributed by atoms with Gasteiger partial charge in [0, 0.05) is 26.2 Å². The molecule has 1 unspecified atom stereocenters. The molecule has 2 aromatic rings. The molecular formula is C24H35IN4O4. The molecule has 0 aromatic heterocycles. The molecule has 0 heterocycles. The van der Waals surface area contributed by atoms with Crippen LogP contribution >= 0.6 is 24.0 Å². The van der Waals surface area contributed by atoms with Crippen molar-refractivity contribution in [3.63, 3.8) is 0 Å². The Hall–Kier alpha value is -2.69. The van der Waals surface area contributed by atoms with E-state index in [2.05, 4.69) is 15.6 Å². The van der Waals surface area contributed by atoms with Crippen LogP contribution in [0.2, 0.25) is 0 Å². The van der Waals surface area contributed by atoms with Crippen molar-refractivity contribution in [2.24, 2.45) is 4.99 Å². The van der Waals surface area contributed by atoms with Crippen molar-refractivity contribution in [1.29, 1.82) is 0 Å². The van der Waals surface area contributed by atoms with Crippen molar-refractivity contribution in [2.45, 2.75) is 19.4 Å². The van der Waals surface area contributed by atoms with E-state index >= 15 is 0 Å². The molecule has 2 rings (SSSR count). The van der Waals surface area contributed by atoms with Crippen molar-refractivity contribution in [3.05, 3.63) is 53.6 Å². The number of hydrogen-bond acceptors (Lipinski definition) is 5. The molecular weight excluding hydrogens is 535 g/mol. The third-order valence-electron chi connectivity index (χ3n) is 4.99. The summed E-state index contributed by atoms with van der Waals surface area (Å²) in [4.78, 5) is 18.1. The maximum Gasteiger partial charge on any atom is 0.243 e. The zero-order valence-corrected chi connectivity index (χ0v) is 22.5. The monoisotopic (exact) mass is 570 g/mol. The van der Waals surface area contributed by atoms with E-state index in [0.717, 1.165) is 29.2 Å². The molecule has 2 N–H and O–H groups in total. The second-order valence-electron chi connectivity index (χ2n) is 7.45. The van der Waals surface area contributed by atoms with E-state index in [4.69, 9.17) is 14.2 Å². The van der Waals surface area contributed by atoms with Crippen molar-refractivity contribution >= 4 is 35.8 Å². The number of ether oxygens (including phenoxy) is 3. The van der Waals surface area contributed by atoms with Gasteiger partial charge in [0.1, 0.15) is 23.8 Å². The number of amides is 1. The summed E-state index contributed by atoms with van der Waals surface area (Å²) in [5.41, 5.74) is 2.10. The van der Waals surface area contributed by atoms with E-state index in [0.29, 0.717) is 12.5 Å². The minimum absolute atomic E-state index is 0. The Labute approximate surface area is 213 Å². The fourth-order valence-electron chi connectivity index (χ4n) is 3.02. The molecule has 0 saturated heterocycles. The number of hydrogen-bond donors (Lipinski definition) is 2. The highest BCUT2D eigenvalue weighted by Crippen LogP contribution is 2.29. The average Bonchev–Trinajstić information content (AvgIpc) is 2.81. The predicted molar refractivity (Wildman–Crippen MR) is 142 cm³/mol. The smallest absolute Gasteiger partial charge is 0.243 e. The van der Waals surface area contributed by atoms with E-state index in [1.54, 1.807) is 35.4 Å². The lowest BCUT2D eigenvalue weighted by atomic mass is 10.1. The first kappa shape index (κ1) is 28.3. The predicted octanol–water partition coefficient (Wildman–Crippen LogP) is 3.26. The van der Waals surface area contributed by atoms with E-state index in [1.165, 1.54) is 10.5 Å². The van der Waals surface area contributed by atoms with Crippen LogP contribution in [0.3, 0.4) is 0 Å². The molecule has 0 fully saturated rings. The van der Waals surface area contributed by atoms with Gasteiger partial charge in [0.2, 0.25) is 5.91 Å². The summed E-state index contributed by atoms with van der Waals surface area (Å²) in [7, 11) is 8.34. The van der Waals surface area contributed by atoms with Crippen LogP contribution in [0.15, 0.2) is 47.5 Å². The molecule has 0 bridgehead atoms. The lowest BCUT2D eigenvalue weighted by Gasteiger charge is -2.21. The van der Waals surface area contributed by atoms with Crippen LogP contribution in [0.4, 0.5) is 0 Å². The molecule has 182 valence electrons. The number of carbonyl (C=O) groups excluding carboxylic acids is 1. The van der Waals surface area contributed by atoms with E-state index < -0.39 is 0 Å². The summed E-state index contributed by atoms with van der Waals surface area (Å²) in [5.74, 6) is 2.78. The first-order valence-corrected chi connectivity index (χ1v) is 10.5. The van der Waals surface area contributed by atoms with Crippen LogP contribution in [0, 0.1) is 0 Å². The largest absolute Gasteiger partial charge is 0.497 e. The number of likely N-dealkylation sites (N-methyl/N-ethyl adjacent to an activating group) is 1. The number of guanidine groups is 1. The summed E-state index contributed by atoms with van der Waals surface area (Å²) >= 11 is 0. The molecule has 0 saturated carbocycles. The summed E-state index contributed by atoms with van der Waals surface area (Å²) in [6, 6.07) is 13.5. The second kappa shape index (κ2) is 14.5. The minimum Gasteiger partial charge on any atom is -0.497 e. The van der Waals surface area contributed by atoms with E-state index in [1.807, 2.05) is 49.4 Å². The Bertz CT molecular complexity index is 904. The SMILES string of the molecule is COc1ccc(CCNC(=NCC(=O)N(C)C)NC(C)c2cc(OC)ccc2OC)cc1.I. The van der Waals surface area contributed by atoms with Crippen LogP contribution in [0.5, 0.6) is 17.2 Å². The van der Waals surface area contributed by atoms with Gasteiger partial charge in [-0.25, -0.2) is 4.99 Å². The van der Waals surface area contributed by atoms with Gasteiger partial charge in [-0.3, -0.25) is 4.79 Å². The molecule has 0 aliphatic heterocycles. The fourth-order valence-corrected chi connectivity index (χ4v) is 3.02. The Morgan fingerprint density at radius 1 is 1.00 bits per heavy atom. The number of aliphatic imine (C=N–C) groups is 1. The number of rotatable bonds is 10. The fraction of sp³-hybridized carbons (Fsp3) is 0.417. The van der Waals surface area contributed by atoms with Gasteiger partial charge in [-0.1, -0.05) is 12.1 Å². The summed E-state index contributed by atoms with van der Waals surface area (Å²) in [6.45, 7) is 2.70. The number of methoxy groups -OCH3 is 3. The van der Waals surface area contributed by atoms with Crippen LogP contribution in [0.1, 0.15) is 24.1 Å². The maximum absolute atomic E-state index is 12.1. The Morgan fingerprint density at radius 3 is 2.21 bits per heavy atom. The van der Waals surface area contributed by atoms with Gasteiger partial charge in [0.25, 0.3) is 0 Å². The molecule has 8 nitrogen and oxygen atoms in total. The quantitative estimate of drug-likeness (QED) is 0.259. The molecule has 1 atom stereocenters. The van der Waals surface area contributed by atoms with Crippen LogP contribution in [-0.4, -0.2) is 65.3 Å². The van der Waals surface area contributed by atoms with Gasteiger partial charge in [-0.05, 0) is 49.2 Å². The van der Waals surface area contributed by atoms with Crippen molar-refractivity contribution in [3.8, 4) is 17.2 Å². The third-order valence-corrected chi connectivity index (χ3v) is 4.99. The van der Waals surface area contributed by atoms with Gasteiger partial charge in [0.15, 0.2) is 5.96 Å². The van der Waals surface area contributed by atoms with Gasteiger partial charge >= 0.3 is 0 Å². The highest BCUT2D eigenvalue weighted by Gasteiger charge is 2.15. The zero-order chi connectivity index (χ0) is 23.5. The topological polar surface area (TPSA) is 84.4 Å². The Morgan fingerprint density at radius 2 is 1.64 bits per heavy atom. The first-order valence-electron chi connectivity index (χ1n) is 10.5. The molecule has 0 radical (unpaired) electrons. The number of halogens is 1. The molecule has 0 aliphatic carbocycles. The van der Waals surface area contributed by atoms with Crippen LogP contribution < -0.4 is 24.8 Å². The summed E-state index contributed by atoms with van der Waals surface area (Å²) in [5, 5.41) is 6.69. The van der Waals surface area contributed by atoms with Crippen molar-refractivity contribution in [1.82, 2.24) is 15.5 Å². The third kappa shape index (κ3) is 8.99. The van der Waals surface area contributed by atoms with Gasteiger partial charge in [-0.2, -0.15) is 0 Å². The normalized spacial score (nSPS) is 11.6. The lowest BCUT2D eigenvalue weighted by molar-refractivity contribution is -0.127. The molecule has 2 aromatic carbocycles.